The van der Waals surface area contributed by atoms with Gasteiger partial charge in [-0.05, 0) is 43.0 Å². The van der Waals surface area contributed by atoms with E-state index in [1.165, 1.54) is 0 Å². The first-order valence-corrected chi connectivity index (χ1v) is 18.4. The van der Waals surface area contributed by atoms with Crippen molar-refractivity contribution in [1.82, 2.24) is 23.8 Å². The molecule has 0 unspecified atom stereocenters. The van der Waals surface area contributed by atoms with E-state index < -0.39 is 18.1 Å². The van der Waals surface area contributed by atoms with Gasteiger partial charge in [-0.25, -0.2) is 18.4 Å². The topological polar surface area (TPSA) is 102 Å². The molecule has 37 heavy (non-hydrogen) atoms. The molecular formula is C26H40N6O3SSi. The molecule has 1 atom stereocenters. The number of sulfonamides is 1. The van der Waals surface area contributed by atoms with E-state index in [4.69, 9.17) is 9.72 Å². The van der Waals surface area contributed by atoms with Crippen molar-refractivity contribution in [3.8, 4) is 11.3 Å². The van der Waals surface area contributed by atoms with Crippen LogP contribution in [-0.4, -0.2) is 71.8 Å². The summed E-state index contributed by atoms with van der Waals surface area (Å²) in [6, 6.07) is 6.89. The Morgan fingerprint density at radius 1 is 1.22 bits per heavy atom. The van der Waals surface area contributed by atoms with Crippen molar-refractivity contribution >= 4 is 35.1 Å². The summed E-state index contributed by atoms with van der Waals surface area (Å²) in [6.45, 7) is 13.1. The summed E-state index contributed by atoms with van der Waals surface area (Å²) in [5.41, 5.74) is 3.13. The fourth-order valence-electron chi connectivity index (χ4n) is 4.48. The minimum Gasteiger partial charge on any atom is -0.365 e. The summed E-state index contributed by atoms with van der Waals surface area (Å²) in [6.07, 6.45) is 7.16. The average Bonchev–Trinajstić information content (AvgIpc) is 3.23. The highest BCUT2D eigenvalue weighted by Crippen LogP contribution is 2.28. The summed E-state index contributed by atoms with van der Waals surface area (Å²) >= 11 is 0. The monoisotopic (exact) mass is 544 g/mol. The Labute approximate surface area is 221 Å². The van der Waals surface area contributed by atoms with Crippen LogP contribution in [0.1, 0.15) is 26.7 Å². The number of hydrogen-bond acceptors (Lipinski definition) is 7. The van der Waals surface area contributed by atoms with Crippen LogP contribution in [-0.2, 0) is 21.5 Å². The first-order valence-electron chi connectivity index (χ1n) is 13.1. The van der Waals surface area contributed by atoms with Crippen LogP contribution in [0, 0.1) is 5.92 Å². The van der Waals surface area contributed by atoms with Crippen LogP contribution in [0.3, 0.4) is 0 Å². The van der Waals surface area contributed by atoms with Crippen LogP contribution >= 0.6 is 0 Å². The molecule has 3 aromatic heterocycles. The number of hydrogen-bond donors (Lipinski definition) is 1. The molecule has 0 amide bonds. The van der Waals surface area contributed by atoms with Crippen molar-refractivity contribution in [2.45, 2.75) is 65.1 Å². The van der Waals surface area contributed by atoms with Crippen molar-refractivity contribution in [3.05, 3.63) is 36.8 Å². The van der Waals surface area contributed by atoms with E-state index in [1.54, 1.807) is 16.7 Å². The second kappa shape index (κ2) is 11.6. The van der Waals surface area contributed by atoms with Gasteiger partial charge < -0.3 is 14.6 Å². The van der Waals surface area contributed by atoms with Gasteiger partial charge in [-0.15, -0.1) is 0 Å². The van der Waals surface area contributed by atoms with Gasteiger partial charge in [-0.1, -0.05) is 33.5 Å². The molecule has 3 aromatic rings. The minimum atomic E-state index is -3.27. The number of nitrogens with one attached hydrogen (secondary N) is 1. The summed E-state index contributed by atoms with van der Waals surface area (Å²) in [5.74, 6) is 0.957. The van der Waals surface area contributed by atoms with E-state index in [0.717, 1.165) is 42.2 Å². The zero-order chi connectivity index (χ0) is 26.6. The van der Waals surface area contributed by atoms with E-state index in [-0.39, 0.29) is 17.7 Å². The molecule has 0 saturated carbocycles. The van der Waals surface area contributed by atoms with Crippen molar-refractivity contribution in [2.24, 2.45) is 5.92 Å². The van der Waals surface area contributed by atoms with Gasteiger partial charge in [-0.3, -0.25) is 4.98 Å². The Morgan fingerprint density at radius 3 is 2.78 bits per heavy atom. The second-order valence-electron chi connectivity index (χ2n) is 11.5. The molecule has 0 aromatic carbocycles. The van der Waals surface area contributed by atoms with Crippen LogP contribution in [0.4, 0.5) is 5.82 Å². The lowest BCUT2D eigenvalue weighted by Crippen LogP contribution is -2.46. The summed E-state index contributed by atoms with van der Waals surface area (Å²) in [4.78, 5) is 14.1. The Hall–Kier alpha value is -2.34. The smallest absolute Gasteiger partial charge is 0.214 e. The highest BCUT2D eigenvalue weighted by atomic mass is 32.2. The van der Waals surface area contributed by atoms with Gasteiger partial charge in [0, 0.05) is 51.8 Å². The fourth-order valence-corrected chi connectivity index (χ4v) is 7.11. The third-order valence-electron chi connectivity index (χ3n) is 6.44. The van der Waals surface area contributed by atoms with Crippen LogP contribution in [0.25, 0.3) is 22.4 Å². The molecule has 0 aliphatic carbocycles. The van der Waals surface area contributed by atoms with Crippen molar-refractivity contribution in [1.29, 1.82) is 0 Å². The molecule has 1 fully saturated rings. The van der Waals surface area contributed by atoms with Gasteiger partial charge in [0.05, 0.1) is 17.6 Å². The molecule has 0 radical (unpaired) electrons. The number of nitrogens with zero attached hydrogens (tertiary/aromatic N) is 5. The molecule has 11 heteroatoms. The lowest BCUT2D eigenvalue weighted by molar-refractivity contribution is 0.0899. The molecule has 0 bridgehead atoms. The van der Waals surface area contributed by atoms with E-state index in [2.05, 4.69) is 34.9 Å². The largest absolute Gasteiger partial charge is 0.365 e. The van der Waals surface area contributed by atoms with Crippen LogP contribution in [0.15, 0.2) is 36.8 Å². The van der Waals surface area contributed by atoms with E-state index >= 15 is 0 Å². The molecular weight excluding hydrogens is 504 g/mol. The van der Waals surface area contributed by atoms with Gasteiger partial charge in [0.2, 0.25) is 10.0 Å². The molecule has 1 saturated heterocycles. The van der Waals surface area contributed by atoms with Gasteiger partial charge in [0.15, 0.2) is 5.65 Å². The molecule has 1 N–H and O–H groups in total. The van der Waals surface area contributed by atoms with E-state index in [0.29, 0.717) is 31.3 Å². The number of rotatable bonds is 11. The molecule has 4 heterocycles. The molecule has 202 valence electrons. The zero-order valence-corrected chi connectivity index (χ0v) is 24.5. The Bertz CT molecular complexity index is 1310. The number of ether oxygens (including phenoxy) is 1. The number of aromatic nitrogens is 4. The Morgan fingerprint density at radius 2 is 2.03 bits per heavy atom. The molecule has 1 aliphatic rings. The van der Waals surface area contributed by atoms with Crippen molar-refractivity contribution in [3.63, 3.8) is 0 Å². The third kappa shape index (κ3) is 7.37. The Kier molecular flexibility index (Phi) is 8.67. The van der Waals surface area contributed by atoms with Crippen molar-refractivity contribution in [2.75, 3.05) is 30.8 Å². The first-order chi connectivity index (χ1) is 17.5. The maximum atomic E-state index is 12.8. The van der Waals surface area contributed by atoms with Crippen molar-refractivity contribution < 1.29 is 13.2 Å². The number of piperidine rings is 1. The maximum absolute atomic E-state index is 12.8. The predicted molar refractivity (Wildman–Crippen MR) is 152 cm³/mol. The molecule has 0 spiro atoms. The molecule has 9 nitrogen and oxygen atoms in total. The standard InChI is InChI=1S/C26H40N6O3SSi/c1-20(2)18-36(33,34)32-12-7-8-21(17-32)29-25-22(9-6-11-27-25)24-16-28-23-10-13-31(26(23)30-24)19-35-14-15-37(3,4)5/h6,9-11,13,16,20-21H,7-8,12,14-15,17-19H2,1-5H3,(H,27,29)/t21-/m0/s1. The van der Waals surface area contributed by atoms with E-state index in [1.807, 2.05) is 42.8 Å². The quantitative estimate of drug-likeness (QED) is 0.276. The van der Waals surface area contributed by atoms with E-state index in [9.17, 15) is 8.42 Å². The molecule has 4 rings (SSSR count). The average molecular weight is 545 g/mol. The highest BCUT2D eigenvalue weighted by molar-refractivity contribution is 7.89. The fraction of sp³-hybridized carbons (Fsp3) is 0.577. The predicted octanol–water partition coefficient (Wildman–Crippen LogP) is 4.67. The van der Waals surface area contributed by atoms with Crippen LogP contribution < -0.4 is 5.32 Å². The maximum Gasteiger partial charge on any atom is 0.214 e. The molecule has 1 aliphatic heterocycles. The van der Waals surface area contributed by atoms with Crippen LogP contribution in [0.2, 0.25) is 25.7 Å². The third-order valence-corrected chi connectivity index (χ3v) is 10.3. The summed E-state index contributed by atoms with van der Waals surface area (Å²) in [5, 5.41) is 3.50. The lowest BCUT2D eigenvalue weighted by atomic mass is 10.1. The Balaban J connectivity index is 1.51. The van der Waals surface area contributed by atoms with Gasteiger partial charge in [0.25, 0.3) is 0 Å². The summed E-state index contributed by atoms with van der Waals surface area (Å²) in [7, 11) is -4.42. The lowest BCUT2D eigenvalue weighted by Gasteiger charge is -2.33. The SMILES string of the molecule is CC(C)CS(=O)(=O)N1CCC[C@H](Nc2ncccc2-c2cnc3ccn(COCC[Si](C)(C)C)c3n2)C1. The second-order valence-corrected chi connectivity index (χ2v) is 19.1. The first kappa shape index (κ1) is 27.7. The summed E-state index contributed by atoms with van der Waals surface area (Å²) < 4.78 is 35.2. The van der Waals surface area contributed by atoms with Gasteiger partial charge in [-0.2, -0.15) is 4.31 Å². The number of fused-ring (bicyclic) bond motifs is 1. The normalized spacial score (nSPS) is 17.5. The number of pyridine rings is 1. The zero-order valence-electron chi connectivity index (χ0n) is 22.6. The van der Waals surface area contributed by atoms with Gasteiger partial charge in [0.1, 0.15) is 18.1 Å². The van der Waals surface area contributed by atoms with Crippen LogP contribution in [0.5, 0.6) is 0 Å². The highest BCUT2D eigenvalue weighted by Gasteiger charge is 2.30. The van der Waals surface area contributed by atoms with Gasteiger partial charge >= 0.3 is 0 Å². The minimum absolute atomic E-state index is 0.0235. The number of anilines is 1.